The quantitative estimate of drug-likeness (QED) is 0.673. The van der Waals surface area contributed by atoms with Gasteiger partial charge in [-0.2, -0.15) is 10.1 Å². The number of anilines is 1. The molecule has 2 aromatic heterocycles. The van der Waals surface area contributed by atoms with Gasteiger partial charge in [-0.1, -0.05) is 11.6 Å². The molecule has 0 radical (unpaired) electrons. The van der Waals surface area contributed by atoms with E-state index in [1.165, 1.54) is 0 Å². The fourth-order valence-corrected chi connectivity index (χ4v) is 4.72. The highest BCUT2D eigenvalue weighted by Crippen LogP contribution is 2.43. The minimum absolute atomic E-state index is 0.00880. The van der Waals surface area contributed by atoms with Crippen molar-refractivity contribution in [2.45, 2.75) is 57.3 Å². The number of rotatable bonds is 0. The number of halogens is 2. The highest BCUT2D eigenvalue weighted by Gasteiger charge is 2.51. The first-order valence-corrected chi connectivity index (χ1v) is 9.76. The molecule has 2 saturated heterocycles. The number of fused-ring (bicyclic) bond motifs is 5. The minimum Gasteiger partial charge on any atom is -0.475 e. The molecule has 3 aliphatic heterocycles. The van der Waals surface area contributed by atoms with Crippen LogP contribution < -0.4 is 9.64 Å². The van der Waals surface area contributed by atoms with E-state index in [1.807, 2.05) is 25.7 Å². The van der Waals surface area contributed by atoms with Crippen molar-refractivity contribution in [3.05, 3.63) is 11.0 Å². The number of H-pyrrole nitrogens is 1. The van der Waals surface area contributed by atoms with Gasteiger partial charge in [-0.05, 0) is 33.6 Å². The maximum atomic E-state index is 14.4. The molecule has 0 aromatic carbocycles. The predicted molar refractivity (Wildman–Crippen MR) is 100 cm³/mol. The maximum Gasteiger partial charge on any atom is 0.410 e. The molecule has 3 aliphatic rings. The Balaban J connectivity index is 1.53. The van der Waals surface area contributed by atoms with Crippen molar-refractivity contribution in [3.63, 3.8) is 0 Å². The van der Waals surface area contributed by atoms with Crippen LogP contribution in [0.25, 0.3) is 10.9 Å². The molecule has 2 aromatic rings. The number of ether oxygens (including phenoxy) is 2. The summed E-state index contributed by atoms with van der Waals surface area (Å²) in [6.07, 6.45) is 1.42. The molecule has 0 aliphatic carbocycles. The summed E-state index contributed by atoms with van der Waals surface area (Å²) in [4.78, 5) is 20.8. The third kappa shape index (κ3) is 2.52. The monoisotopic (exact) mass is 409 g/mol. The lowest BCUT2D eigenvalue weighted by Crippen LogP contribution is -2.63. The second kappa shape index (κ2) is 5.85. The molecule has 8 nitrogen and oxygen atoms in total. The number of nitrogens with one attached hydrogen (secondary N) is 1. The van der Waals surface area contributed by atoms with Crippen LogP contribution >= 0.6 is 11.6 Å². The summed E-state index contributed by atoms with van der Waals surface area (Å²) in [5.41, 5.74) is -0.372. The molecule has 0 saturated carbocycles. The van der Waals surface area contributed by atoms with E-state index in [-0.39, 0.29) is 40.8 Å². The Labute approximate surface area is 165 Å². The Hall–Kier alpha value is -2.29. The van der Waals surface area contributed by atoms with Crippen LogP contribution in [0, 0.1) is 5.82 Å². The number of piperazine rings is 1. The first-order chi connectivity index (χ1) is 13.2. The van der Waals surface area contributed by atoms with E-state index in [4.69, 9.17) is 21.1 Å². The van der Waals surface area contributed by atoms with Crippen LogP contribution in [-0.2, 0) is 4.74 Å². The number of hydrogen-bond donors (Lipinski definition) is 1. The van der Waals surface area contributed by atoms with Gasteiger partial charge in [0.05, 0.1) is 18.1 Å². The molecular formula is C18H21ClFN5O3. The van der Waals surface area contributed by atoms with Gasteiger partial charge in [-0.15, -0.1) is 0 Å². The van der Waals surface area contributed by atoms with Crippen molar-refractivity contribution in [3.8, 4) is 5.88 Å². The van der Waals surface area contributed by atoms with Gasteiger partial charge in [0.15, 0.2) is 16.8 Å². The first-order valence-electron chi connectivity index (χ1n) is 9.38. The zero-order valence-corrected chi connectivity index (χ0v) is 16.6. The highest BCUT2D eigenvalue weighted by atomic mass is 35.5. The number of aromatic amines is 1. The Morgan fingerprint density at radius 1 is 1.36 bits per heavy atom. The van der Waals surface area contributed by atoms with E-state index in [2.05, 4.69) is 20.1 Å². The van der Waals surface area contributed by atoms with Crippen molar-refractivity contribution >= 4 is 34.4 Å². The lowest BCUT2D eigenvalue weighted by molar-refractivity contribution is 0.00539. The zero-order chi connectivity index (χ0) is 19.8. The van der Waals surface area contributed by atoms with Crippen molar-refractivity contribution in [1.29, 1.82) is 0 Å². The summed E-state index contributed by atoms with van der Waals surface area (Å²) in [5.74, 6) is 0.215. The Bertz CT molecular complexity index is 974. The molecule has 150 valence electrons. The fraction of sp³-hybridized carbons (Fsp3) is 0.611. The van der Waals surface area contributed by atoms with Gasteiger partial charge in [-0.3, -0.25) is 10.00 Å². The van der Waals surface area contributed by atoms with Gasteiger partial charge in [0.25, 0.3) is 0 Å². The summed E-state index contributed by atoms with van der Waals surface area (Å²) in [7, 11) is 0. The second-order valence-corrected chi connectivity index (χ2v) is 8.89. The number of nitrogens with zero attached hydrogens (tertiary/aromatic N) is 4. The van der Waals surface area contributed by atoms with Gasteiger partial charge < -0.3 is 14.4 Å². The molecule has 0 spiro atoms. The normalized spacial score (nSPS) is 26.1. The molecule has 10 heteroatoms. The van der Waals surface area contributed by atoms with Crippen LogP contribution in [0.4, 0.5) is 15.0 Å². The van der Waals surface area contributed by atoms with Gasteiger partial charge in [0, 0.05) is 6.54 Å². The lowest BCUT2D eigenvalue weighted by Gasteiger charge is -2.46. The topological polar surface area (TPSA) is 83.6 Å². The molecule has 5 rings (SSSR count). The number of hydrogen-bond acceptors (Lipinski definition) is 6. The van der Waals surface area contributed by atoms with Gasteiger partial charge in [0.2, 0.25) is 5.88 Å². The SMILES string of the molecule is CC(C)(C)OC(=O)N1[C@@H]2CC[C@H]1[C@H]1COc3nc(Cl)c(F)c4[nH]nc(c34)N1C2. The second-order valence-electron chi connectivity index (χ2n) is 8.54. The van der Waals surface area contributed by atoms with Crippen LogP contribution in [0.3, 0.4) is 0 Å². The molecule has 0 unspecified atom stereocenters. The van der Waals surface area contributed by atoms with Gasteiger partial charge >= 0.3 is 6.09 Å². The van der Waals surface area contributed by atoms with Crippen LogP contribution in [-0.4, -0.2) is 63.1 Å². The average molecular weight is 410 g/mol. The summed E-state index contributed by atoms with van der Waals surface area (Å²) in [6.45, 7) is 6.46. The number of aromatic nitrogens is 3. The van der Waals surface area contributed by atoms with Crippen LogP contribution in [0.1, 0.15) is 33.6 Å². The lowest BCUT2D eigenvalue weighted by atomic mass is 10.0. The van der Waals surface area contributed by atoms with Crippen molar-refractivity contribution < 1.29 is 18.7 Å². The maximum absolute atomic E-state index is 14.4. The van der Waals surface area contributed by atoms with E-state index in [1.54, 1.807) is 0 Å². The van der Waals surface area contributed by atoms with Crippen molar-refractivity contribution in [2.24, 2.45) is 0 Å². The molecule has 2 fully saturated rings. The summed E-state index contributed by atoms with van der Waals surface area (Å²) in [6, 6.07) is -0.196. The molecular weight excluding hydrogens is 389 g/mol. The van der Waals surface area contributed by atoms with Gasteiger partial charge in [-0.25, -0.2) is 9.18 Å². The fourth-order valence-electron chi connectivity index (χ4n) is 4.55. The van der Waals surface area contributed by atoms with E-state index in [0.717, 1.165) is 12.8 Å². The Morgan fingerprint density at radius 2 is 2.14 bits per heavy atom. The van der Waals surface area contributed by atoms with E-state index < -0.39 is 11.4 Å². The summed E-state index contributed by atoms with van der Waals surface area (Å²) >= 11 is 5.90. The molecule has 28 heavy (non-hydrogen) atoms. The number of amides is 1. The Kier molecular flexibility index (Phi) is 3.72. The number of carbonyl (C=O) groups excluding carboxylic acids is 1. The van der Waals surface area contributed by atoms with Crippen molar-refractivity contribution in [1.82, 2.24) is 20.1 Å². The standard InChI is InChI=1S/C18H21ClFN5O3/c1-18(2,3)28-17(26)25-8-4-5-9(25)10-7-27-16-11-13(12(20)14(19)21-16)22-23-15(11)24(10)6-8/h8-10H,4-7H2,1-3H3,(H,22,23)/t8-,9+,10-/m1/s1. The van der Waals surface area contributed by atoms with E-state index >= 15 is 0 Å². The third-order valence-electron chi connectivity index (χ3n) is 5.63. The predicted octanol–water partition coefficient (Wildman–Crippen LogP) is 3.10. The smallest absolute Gasteiger partial charge is 0.410 e. The summed E-state index contributed by atoms with van der Waals surface area (Å²) in [5, 5.41) is 7.31. The Morgan fingerprint density at radius 3 is 2.89 bits per heavy atom. The zero-order valence-electron chi connectivity index (χ0n) is 15.8. The van der Waals surface area contributed by atoms with E-state index in [0.29, 0.717) is 24.4 Å². The van der Waals surface area contributed by atoms with Crippen LogP contribution in [0.15, 0.2) is 0 Å². The first kappa shape index (κ1) is 17.8. The number of carbonyl (C=O) groups is 1. The third-order valence-corrected chi connectivity index (χ3v) is 5.88. The average Bonchev–Trinajstić information content (AvgIpc) is 3.13. The number of pyridine rings is 1. The molecule has 3 atom stereocenters. The van der Waals surface area contributed by atoms with Gasteiger partial charge in [0.1, 0.15) is 23.1 Å². The largest absolute Gasteiger partial charge is 0.475 e. The van der Waals surface area contributed by atoms with Crippen molar-refractivity contribution in [2.75, 3.05) is 18.1 Å². The van der Waals surface area contributed by atoms with Crippen LogP contribution in [0.5, 0.6) is 5.88 Å². The molecule has 5 heterocycles. The molecule has 2 bridgehead atoms. The van der Waals surface area contributed by atoms with E-state index in [9.17, 15) is 9.18 Å². The summed E-state index contributed by atoms with van der Waals surface area (Å²) < 4.78 is 25.9. The molecule has 1 amide bonds. The minimum atomic E-state index is -0.642. The van der Waals surface area contributed by atoms with Crippen LogP contribution in [0.2, 0.25) is 5.15 Å². The molecule has 1 N–H and O–H groups in total. The highest BCUT2D eigenvalue weighted by molar-refractivity contribution is 6.30.